The number of amides is 1. The monoisotopic (exact) mass is 291 g/mol. The first kappa shape index (κ1) is 14.0. The molecule has 2 aliphatic heterocycles. The van der Waals surface area contributed by atoms with Gasteiger partial charge >= 0.3 is 5.97 Å². The van der Waals surface area contributed by atoms with Crippen LogP contribution in [-0.2, 0) is 19.2 Å². The van der Waals surface area contributed by atoms with Crippen LogP contribution in [0.5, 0.6) is 0 Å². The SMILES string of the molecule is CON(C(=O)C1C2CCC(O2)C1C(=O)O)c1ccccc1. The number of hydrogen-bond acceptors (Lipinski definition) is 4. The first-order chi connectivity index (χ1) is 10.1. The van der Waals surface area contributed by atoms with Crippen molar-refractivity contribution in [1.29, 1.82) is 0 Å². The van der Waals surface area contributed by atoms with E-state index in [2.05, 4.69) is 0 Å². The highest BCUT2D eigenvalue weighted by molar-refractivity contribution is 5.96. The zero-order valence-electron chi connectivity index (χ0n) is 11.6. The van der Waals surface area contributed by atoms with Crippen molar-refractivity contribution in [3.8, 4) is 0 Å². The fourth-order valence-corrected chi connectivity index (χ4v) is 3.33. The van der Waals surface area contributed by atoms with Gasteiger partial charge in [0.2, 0.25) is 0 Å². The van der Waals surface area contributed by atoms with Crippen LogP contribution >= 0.6 is 0 Å². The molecule has 0 spiro atoms. The minimum absolute atomic E-state index is 0.329. The van der Waals surface area contributed by atoms with Crippen molar-refractivity contribution < 1.29 is 24.3 Å². The van der Waals surface area contributed by atoms with E-state index in [0.717, 1.165) is 11.5 Å². The lowest BCUT2D eigenvalue weighted by atomic mass is 9.78. The van der Waals surface area contributed by atoms with Crippen LogP contribution in [0.25, 0.3) is 0 Å². The molecule has 0 aromatic heterocycles. The molecule has 112 valence electrons. The number of fused-ring (bicyclic) bond motifs is 2. The molecule has 0 saturated carbocycles. The van der Waals surface area contributed by atoms with Crippen molar-refractivity contribution in [2.24, 2.45) is 11.8 Å². The molecular weight excluding hydrogens is 274 g/mol. The first-order valence-corrected chi connectivity index (χ1v) is 6.95. The third-order valence-corrected chi connectivity index (χ3v) is 4.22. The lowest BCUT2D eigenvalue weighted by Gasteiger charge is -2.29. The number of nitrogens with zero attached hydrogens (tertiary/aromatic N) is 1. The number of aliphatic carboxylic acids is 1. The highest BCUT2D eigenvalue weighted by Gasteiger charge is 2.56. The zero-order chi connectivity index (χ0) is 15.0. The van der Waals surface area contributed by atoms with Crippen LogP contribution in [0.1, 0.15) is 12.8 Å². The number of carbonyl (C=O) groups excluding carboxylic acids is 1. The van der Waals surface area contributed by atoms with Crippen LogP contribution < -0.4 is 5.06 Å². The second-order valence-corrected chi connectivity index (χ2v) is 5.33. The summed E-state index contributed by atoms with van der Waals surface area (Å²) in [6, 6.07) is 8.90. The van der Waals surface area contributed by atoms with Gasteiger partial charge in [0.05, 0.1) is 36.8 Å². The van der Waals surface area contributed by atoms with Gasteiger partial charge in [-0.1, -0.05) is 18.2 Å². The molecule has 2 heterocycles. The predicted octanol–water partition coefficient (Wildman–Crippen LogP) is 1.46. The number of anilines is 1. The molecule has 21 heavy (non-hydrogen) atoms. The Morgan fingerprint density at radius 1 is 1.19 bits per heavy atom. The van der Waals surface area contributed by atoms with Crippen LogP contribution in [0.15, 0.2) is 30.3 Å². The lowest BCUT2D eigenvalue weighted by molar-refractivity contribution is -0.148. The Balaban J connectivity index is 1.88. The van der Waals surface area contributed by atoms with Gasteiger partial charge in [-0.25, -0.2) is 0 Å². The summed E-state index contributed by atoms with van der Waals surface area (Å²) >= 11 is 0. The smallest absolute Gasteiger partial charge is 0.310 e. The maximum atomic E-state index is 12.7. The van der Waals surface area contributed by atoms with Crippen molar-refractivity contribution in [1.82, 2.24) is 0 Å². The maximum Gasteiger partial charge on any atom is 0.310 e. The number of hydrogen-bond donors (Lipinski definition) is 1. The summed E-state index contributed by atoms with van der Waals surface area (Å²) in [5, 5.41) is 10.5. The quantitative estimate of drug-likeness (QED) is 0.850. The molecule has 1 N–H and O–H groups in total. The van der Waals surface area contributed by atoms with Crippen molar-refractivity contribution in [2.75, 3.05) is 12.2 Å². The van der Waals surface area contributed by atoms with E-state index in [4.69, 9.17) is 9.57 Å². The van der Waals surface area contributed by atoms with E-state index in [9.17, 15) is 14.7 Å². The van der Waals surface area contributed by atoms with Gasteiger partial charge in [0.15, 0.2) is 0 Å². The lowest BCUT2D eigenvalue weighted by Crippen LogP contribution is -2.45. The molecule has 2 saturated heterocycles. The largest absolute Gasteiger partial charge is 0.481 e. The van der Waals surface area contributed by atoms with E-state index in [1.807, 2.05) is 6.07 Å². The Morgan fingerprint density at radius 3 is 2.38 bits per heavy atom. The molecule has 2 aliphatic rings. The van der Waals surface area contributed by atoms with Gasteiger partial charge in [-0.15, -0.1) is 0 Å². The molecule has 1 amide bonds. The van der Waals surface area contributed by atoms with Gasteiger partial charge < -0.3 is 9.84 Å². The molecule has 1 aromatic rings. The third-order valence-electron chi connectivity index (χ3n) is 4.22. The van der Waals surface area contributed by atoms with Gasteiger partial charge in [-0.05, 0) is 25.0 Å². The number of carboxylic acid groups (broad SMARTS) is 1. The molecule has 2 bridgehead atoms. The second kappa shape index (κ2) is 5.46. The normalized spacial score (nSPS) is 30.3. The maximum absolute atomic E-state index is 12.7. The van der Waals surface area contributed by atoms with Gasteiger partial charge in [-0.3, -0.25) is 14.4 Å². The summed E-state index contributed by atoms with van der Waals surface area (Å²) in [5.41, 5.74) is 0.580. The van der Waals surface area contributed by atoms with Crippen molar-refractivity contribution in [2.45, 2.75) is 25.0 Å². The van der Waals surface area contributed by atoms with Crippen molar-refractivity contribution in [3.05, 3.63) is 30.3 Å². The molecule has 3 rings (SSSR count). The fraction of sp³-hybridized carbons (Fsp3) is 0.467. The summed E-state index contributed by atoms with van der Waals surface area (Å²) in [6.45, 7) is 0. The van der Waals surface area contributed by atoms with Crippen molar-refractivity contribution in [3.63, 3.8) is 0 Å². The van der Waals surface area contributed by atoms with Crippen LogP contribution in [0.4, 0.5) is 5.69 Å². The van der Waals surface area contributed by atoms with Crippen LogP contribution in [-0.4, -0.2) is 36.3 Å². The molecule has 6 nitrogen and oxygen atoms in total. The molecule has 4 atom stereocenters. The Labute approximate surface area is 122 Å². The fourth-order valence-electron chi connectivity index (χ4n) is 3.33. The Kier molecular flexibility index (Phi) is 3.65. The standard InChI is InChI=1S/C15H17NO5/c1-20-16(9-5-3-2-4-6-9)14(17)12-10-7-8-11(21-10)13(12)15(18)19/h2-6,10-13H,7-8H2,1H3,(H,18,19). The zero-order valence-corrected chi connectivity index (χ0v) is 11.6. The number of para-hydroxylation sites is 1. The van der Waals surface area contributed by atoms with Crippen molar-refractivity contribution >= 4 is 17.6 Å². The summed E-state index contributed by atoms with van der Waals surface area (Å²) in [4.78, 5) is 29.4. The van der Waals surface area contributed by atoms with Crippen LogP contribution in [0.3, 0.4) is 0 Å². The van der Waals surface area contributed by atoms with E-state index < -0.39 is 17.8 Å². The average Bonchev–Trinajstić information content (AvgIpc) is 3.09. The number of hydroxylamine groups is 1. The highest BCUT2D eigenvalue weighted by atomic mass is 16.7. The molecule has 0 radical (unpaired) electrons. The minimum Gasteiger partial charge on any atom is -0.481 e. The molecule has 0 aliphatic carbocycles. The van der Waals surface area contributed by atoms with E-state index in [-0.39, 0.29) is 18.1 Å². The number of benzene rings is 1. The predicted molar refractivity (Wildman–Crippen MR) is 73.4 cm³/mol. The van der Waals surface area contributed by atoms with Gasteiger partial charge in [0.1, 0.15) is 0 Å². The highest BCUT2D eigenvalue weighted by Crippen LogP contribution is 2.44. The van der Waals surface area contributed by atoms with Gasteiger partial charge in [0.25, 0.3) is 5.91 Å². The average molecular weight is 291 g/mol. The van der Waals surface area contributed by atoms with Crippen LogP contribution in [0.2, 0.25) is 0 Å². The number of ether oxygens (including phenoxy) is 1. The first-order valence-electron chi connectivity index (χ1n) is 6.95. The van der Waals surface area contributed by atoms with Gasteiger partial charge in [0, 0.05) is 0 Å². The second-order valence-electron chi connectivity index (χ2n) is 5.33. The summed E-state index contributed by atoms with van der Waals surface area (Å²) in [7, 11) is 1.40. The number of carbonyl (C=O) groups is 2. The number of carboxylic acids is 1. The Bertz CT molecular complexity index is 546. The van der Waals surface area contributed by atoms with E-state index in [0.29, 0.717) is 12.1 Å². The number of rotatable bonds is 4. The Hall–Kier alpha value is -1.92. The summed E-state index contributed by atoms with van der Waals surface area (Å²) in [6.07, 6.45) is 0.724. The van der Waals surface area contributed by atoms with E-state index in [1.54, 1.807) is 24.3 Å². The topological polar surface area (TPSA) is 76.1 Å². The molecule has 6 heteroatoms. The minimum atomic E-state index is -0.982. The van der Waals surface area contributed by atoms with Gasteiger partial charge in [-0.2, -0.15) is 5.06 Å². The van der Waals surface area contributed by atoms with E-state index >= 15 is 0 Å². The molecule has 4 unspecified atom stereocenters. The molecule has 1 aromatic carbocycles. The van der Waals surface area contributed by atoms with E-state index in [1.165, 1.54) is 7.11 Å². The van der Waals surface area contributed by atoms with Crippen LogP contribution in [0, 0.1) is 11.8 Å². The third kappa shape index (κ3) is 2.30. The molecular formula is C15H17NO5. The molecule has 2 fully saturated rings. The Morgan fingerprint density at radius 2 is 1.81 bits per heavy atom. The summed E-state index contributed by atoms with van der Waals surface area (Å²) < 4.78 is 5.63. The summed E-state index contributed by atoms with van der Waals surface area (Å²) in [5.74, 6) is -2.83.